The van der Waals surface area contributed by atoms with Crippen LogP contribution in [0.5, 0.6) is 0 Å². The third-order valence-corrected chi connectivity index (χ3v) is 3.69. The SMILES string of the molecule is CCC(C(=O)O)c1ccc(NC=O)c(C(=O)CCNC(=O)OC(C)(C)C)c1. The topological polar surface area (TPSA) is 122 Å². The van der Waals surface area contributed by atoms with E-state index in [9.17, 15) is 24.3 Å². The van der Waals surface area contributed by atoms with Crippen LogP contribution in [0.4, 0.5) is 10.5 Å². The fourth-order valence-electron chi connectivity index (χ4n) is 2.48. The number of aliphatic carboxylic acids is 1. The van der Waals surface area contributed by atoms with Gasteiger partial charge < -0.3 is 20.5 Å². The van der Waals surface area contributed by atoms with E-state index in [0.29, 0.717) is 18.4 Å². The molecule has 0 spiro atoms. The first kappa shape index (κ1) is 22.1. The maximum atomic E-state index is 12.5. The summed E-state index contributed by atoms with van der Waals surface area (Å²) in [6, 6.07) is 4.55. The maximum absolute atomic E-state index is 12.5. The first-order valence-corrected chi connectivity index (χ1v) is 8.66. The van der Waals surface area contributed by atoms with Gasteiger partial charge in [-0.15, -0.1) is 0 Å². The van der Waals surface area contributed by atoms with Gasteiger partial charge in [0.1, 0.15) is 5.60 Å². The Morgan fingerprint density at radius 2 is 1.93 bits per heavy atom. The van der Waals surface area contributed by atoms with Crippen molar-refractivity contribution in [3.8, 4) is 0 Å². The number of carboxylic acid groups (broad SMARTS) is 1. The van der Waals surface area contributed by atoms with E-state index >= 15 is 0 Å². The predicted molar refractivity (Wildman–Crippen MR) is 100.0 cm³/mol. The van der Waals surface area contributed by atoms with Crippen molar-refractivity contribution in [1.82, 2.24) is 5.32 Å². The summed E-state index contributed by atoms with van der Waals surface area (Å²) in [5.74, 6) is -2.07. The highest BCUT2D eigenvalue weighted by atomic mass is 16.6. The number of nitrogens with one attached hydrogen (secondary N) is 2. The Kier molecular flexibility index (Phi) is 7.96. The lowest BCUT2D eigenvalue weighted by Crippen LogP contribution is -2.33. The van der Waals surface area contributed by atoms with Crippen LogP contribution in [-0.2, 0) is 14.3 Å². The second-order valence-corrected chi connectivity index (χ2v) is 6.97. The van der Waals surface area contributed by atoms with Crippen LogP contribution in [-0.4, -0.2) is 41.5 Å². The number of hydrogen-bond donors (Lipinski definition) is 3. The molecule has 0 radical (unpaired) electrons. The summed E-state index contributed by atoms with van der Waals surface area (Å²) in [5, 5.41) is 14.2. The van der Waals surface area contributed by atoms with Crippen molar-refractivity contribution in [1.29, 1.82) is 0 Å². The van der Waals surface area contributed by atoms with E-state index in [1.807, 2.05) is 0 Å². The summed E-state index contributed by atoms with van der Waals surface area (Å²) in [4.78, 5) is 46.3. The van der Waals surface area contributed by atoms with Crippen molar-refractivity contribution in [2.75, 3.05) is 11.9 Å². The number of rotatable bonds is 9. The summed E-state index contributed by atoms with van der Waals surface area (Å²) in [7, 11) is 0. The minimum Gasteiger partial charge on any atom is -0.481 e. The van der Waals surface area contributed by atoms with Gasteiger partial charge in [-0.1, -0.05) is 13.0 Å². The number of Topliss-reactive ketones (excluding diaryl/α,β-unsaturated/α-hetero) is 1. The van der Waals surface area contributed by atoms with Crippen LogP contribution in [0.1, 0.15) is 62.4 Å². The van der Waals surface area contributed by atoms with Gasteiger partial charge in [0.2, 0.25) is 6.41 Å². The second-order valence-electron chi connectivity index (χ2n) is 6.97. The van der Waals surface area contributed by atoms with Gasteiger partial charge >= 0.3 is 12.1 Å². The standard InChI is InChI=1S/C19H26N2O6/c1-5-13(17(24)25)12-6-7-15(21-11-22)14(10-12)16(23)8-9-20-18(26)27-19(2,3)4/h6-7,10-11,13H,5,8-9H2,1-4H3,(H,20,26)(H,21,22)(H,24,25). The van der Waals surface area contributed by atoms with E-state index in [-0.39, 0.29) is 30.0 Å². The molecule has 1 aromatic carbocycles. The summed E-state index contributed by atoms with van der Waals surface area (Å²) in [5.41, 5.74) is 0.321. The minimum absolute atomic E-state index is 0.0277. The highest BCUT2D eigenvalue weighted by Crippen LogP contribution is 2.26. The Labute approximate surface area is 158 Å². The van der Waals surface area contributed by atoms with Crippen LogP contribution in [0.2, 0.25) is 0 Å². The molecule has 0 fully saturated rings. The molecule has 1 atom stereocenters. The Balaban J connectivity index is 2.91. The Hall–Kier alpha value is -2.90. The number of alkyl carbamates (subject to hydrolysis) is 1. The van der Waals surface area contributed by atoms with Crippen molar-refractivity contribution < 1.29 is 29.0 Å². The van der Waals surface area contributed by atoms with E-state index in [1.54, 1.807) is 33.8 Å². The molecule has 1 aromatic rings. The quantitative estimate of drug-likeness (QED) is 0.449. The largest absolute Gasteiger partial charge is 0.481 e. The second kappa shape index (κ2) is 9.70. The highest BCUT2D eigenvalue weighted by molar-refractivity contribution is 6.03. The first-order chi connectivity index (χ1) is 12.6. The van der Waals surface area contributed by atoms with Gasteiger partial charge in [0.15, 0.2) is 5.78 Å². The highest BCUT2D eigenvalue weighted by Gasteiger charge is 2.21. The van der Waals surface area contributed by atoms with Crippen LogP contribution >= 0.6 is 0 Å². The van der Waals surface area contributed by atoms with Gasteiger partial charge in [-0.05, 0) is 44.9 Å². The molecule has 8 nitrogen and oxygen atoms in total. The lowest BCUT2D eigenvalue weighted by molar-refractivity contribution is -0.138. The number of carbonyl (C=O) groups is 4. The minimum atomic E-state index is -0.987. The maximum Gasteiger partial charge on any atom is 0.407 e. The number of ether oxygens (including phenoxy) is 1. The average molecular weight is 378 g/mol. The number of amides is 2. The average Bonchev–Trinajstić information content (AvgIpc) is 2.54. The molecule has 27 heavy (non-hydrogen) atoms. The van der Waals surface area contributed by atoms with Crippen LogP contribution in [0.25, 0.3) is 0 Å². The Bertz CT molecular complexity index is 709. The van der Waals surface area contributed by atoms with Gasteiger partial charge in [0.05, 0.1) is 11.6 Å². The molecule has 148 valence electrons. The molecule has 0 aliphatic heterocycles. The van der Waals surface area contributed by atoms with Crippen molar-refractivity contribution in [3.63, 3.8) is 0 Å². The van der Waals surface area contributed by atoms with Crippen molar-refractivity contribution in [2.45, 2.75) is 52.1 Å². The number of carbonyl (C=O) groups excluding carboxylic acids is 3. The lowest BCUT2D eigenvalue weighted by atomic mass is 9.93. The van der Waals surface area contributed by atoms with Crippen molar-refractivity contribution in [2.24, 2.45) is 0 Å². The van der Waals surface area contributed by atoms with E-state index in [4.69, 9.17) is 4.74 Å². The zero-order valence-corrected chi connectivity index (χ0v) is 16.0. The van der Waals surface area contributed by atoms with Crippen LogP contribution < -0.4 is 10.6 Å². The van der Waals surface area contributed by atoms with E-state index in [0.717, 1.165) is 0 Å². The summed E-state index contributed by atoms with van der Waals surface area (Å²) in [6.45, 7) is 6.98. The molecule has 3 N–H and O–H groups in total. The smallest absolute Gasteiger partial charge is 0.407 e. The molecule has 0 bridgehead atoms. The summed E-state index contributed by atoms with van der Waals surface area (Å²) in [6.07, 6.45) is 0.148. The molecule has 0 aliphatic rings. The van der Waals surface area contributed by atoms with Crippen LogP contribution in [0.15, 0.2) is 18.2 Å². The molecule has 0 aromatic heterocycles. The molecular weight excluding hydrogens is 352 g/mol. The fraction of sp³-hybridized carbons (Fsp3) is 0.474. The number of anilines is 1. The third-order valence-electron chi connectivity index (χ3n) is 3.69. The number of benzene rings is 1. The molecule has 0 saturated heterocycles. The molecule has 1 unspecified atom stereocenters. The third kappa shape index (κ3) is 7.08. The van der Waals surface area contributed by atoms with Crippen LogP contribution in [0, 0.1) is 0 Å². The Morgan fingerprint density at radius 1 is 1.26 bits per heavy atom. The van der Waals surface area contributed by atoms with E-state index < -0.39 is 23.6 Å². The van der Waals surface area contributed by atoms with Gasteiger partial charge in [-0.3, -0.25) is 14.4 Å². The predicted octanol–water partition coefficient (Wildman–Crippen LogP) is 2.93. The fourth-order valence-corrected chi connectivity index (χ4v) is 2.48. The zero-order valence-electron chi connectivity index (χ0n) is 16.0. The zero-order chi connectivity index (χ0) is 20.6. The summed E-state index contributed by atoms with van der Waals surface area (Å²) < 4.78 is 5.09. The first-order valence-electron chi connectivity index (χ1n) is 8.66. The normalized spacial score (nSPS) is 12.0. The number of ketones is 1. The molecule has 8 heteroatoms. The molecule has 0 heterocycles. The molecular formula is C19H26N2O6. The number of carboxylic acids is 1. The van der Waals surface area contributed by atoms with E-state index in [2.05, 4.69) is 10.6 Å². The van der Waals surface area contributed by atoms with E-state index in [1.165, 1.54) is 12.1 Å². The molecule has 0 saturated carbocycles. The monoisotopic (exact) mass is 378 g/mol. The van der Waals surface area contributed by atoms with Crippen molar-refractivity contribution >= 4 is 29.9 Å². The van der Waals surface area contributed by atoms with Crippen LogP contribution in [0.3, 0.4) is 0 Å². The molecule has 0 aliphatic carbocycles. The number of hydrogen-bond acceptors (Lipinski definition) is 5. The van der Waals surface area contributed by atoms with Gasteiger partial charge in [0, 0.05) is 18.5 Å². The molecule has 2 amide bonds. The van der Waals surface area contributed by atoms with Gasteiger partial charge in [-0.25, -0.2) is 4.79 Å². The van der Waals surface area contributed by atoms with Gasteiger partial charge in [0.25, 0.3) is 0 Å². The Morgan fingerprint density at radius 3 is 2.44 bits per heavy atom. The summed E-state index contributed by atoms with van der Waals surface area (Å²) >= 11 is 0. The van der Waals surface area contributed by atoms with Gasteiger partial charge in [-0.2, -0.15) is 0 Å². The van der Waals surface area contributed by atoms with Crippen molar-refractivity contribution in [3.05, 3.63) is 29.3 Å². The lowest BCUT2D eigenvalue weighted by Gasteiger charge is -2.19. The molecule has 1 rings (SSSR count).